The van der Waals surface area contributed by atoms with Crippen LogP contribution in [0.2, 0.25) is 0 Å². The van der Waals surface area contributed by atoms with Crippen molar-refractivity contribution in [3.05, 3.63) is 23.8 Å². The molecule has 4 rings (SSSR count). The standard InChI is InChI=1S/C28H46O3/c1-17(2)18(3)7-8-19(4)22-9-10-23-21-15-25(30)28(31)16-20(29)11-14-27(28,6)24(21)12-13-26(22,23)5/h7-8,15,17-20,22-25,29-31H,9-14,16H2,1-6H3/t18-,19+,20-,22?,23?,24?,25+,26+,27+,28-/m0/s1. The van der Waals surface area contributed by atoms with Gasteiger partial charge in [0, 0.05) is 11.8 Å². The zero-order valence-corrected chi connectivity index (χ0v) is 20.6. The maximum atomic E-state index is 11.6. The number of rotatable bonds is 4. The Morgan fingerprint density at radius 1 is 0.935 bits per heavy atom. The molecule has 0 amide bonds. The third-order valence-corrected chi connectivity index (χ3v) is 10.7. The first-order valence-electron chi connectivity index (χ1n) is 12.9. The third-order valence-electron chi connectivity index (χ3n) is 10.7. The van der Waals surface area contributed by atoms with Crippen molar-refractivity contribution in [3.63, 3.8) is 0 Å². The van der Waals surface area contributed by atoms with E-state index in [-0.39, 0.29) is 10.8 Å². The quantitative estimate of drug-likeness (QED) is 0.516. The second kappa shape index (κ2) is 7.99. The minimum absolute atomic E-state index is 0.271. The van der Waals surface area contributed by atoms with Gasteiger partial charge < -0.3 is 15.3 Å². The predicted molar refractivity (Wildman–Crippen MR) is 126 cm³/mol. The minimum atomic E-state index is -1.20. The first-order chi connectivity index (χ1) is 14.4. The van der Waals surface area contributed by atoms with Crippen molar-refractivity contribution in [2.75, 3.05) is 0 Å². The molecule has 0 bridgehead atoms. The molecule has 0 saturated heterocycles. The van der Waals surface area contributed by atoms with Gasteiger partial charge in [-0.05, 0) is 79.4 Å². The molecule has 3 saturated carbocycles. The van der Waals surface area contributed by atoms with E-state index in [0.29, 0.717) is 41.9 Å². The summed E-state index contributed by atoms with van der Waals surface area (Å²) in [5, 5.41) is 32.9. The molecule has 3 heteroatoms. The monoisotopic (exact) mass is 430 g/mol. The average molecular weight is 431 g/mol. The highest BCUT2D eigenvalue weighted by molar-refractivity contribution is 5.33. The van der Waals surface area contributed by atoms with Gasteiger partial charge in [0.2, 0.25) is 0 Å². The van der Waals surface area contributed by atoms with Crippen LogP contribution in [0.15, 0.2) is 23.8 Å². The van der Waals surface area contributed by atoms with E-state index in [1.807, 2.05) is 6.08 Å². The molecule has 0 aromatic rings. The number of hydrogen-bond acceptors (Lipinski definition) is 3. The Morgan fingerprint density at radius 2 is 1.65 bits per heavy atom. The number of aliphatic hydroxyl groups is 3. The van der Waals surface area contributed by atoms with E-state index >= 15 is 0 Å². The summed E-state index contributed by atoms with van der Waals surface area (Å²) in [6.07, 6.45) is 12.1. The number of hydrogen-bond donors (Lipinski definition) is 3. The second-order valence-electron chi connectivity index (χ2n) is 12.5. The van der Waals surface area contributed by atoms with Gasteiger partial charge >= 0.3 is 0 Å². The molecule has 3 nitrogen and oxygen atoms in total. The largest absolute Gasteiger partial charge is 0.393 e. The van der Waals surface area contributed by atoms with Gasteiger partial charge in [-0.3, -0.25) is 0 Å². The van der Waals surface area contributed by atoms with Crippen LogP contribution >= 0.6 is 0 Å². The Hall–Kier alpha value is -0.640. The Morgan fingerprint density at radius 3 is 2.32 bits per heavy atom. The lowest BCUT2D eigenvalue weighted by molar-refractivity contribution is -0.210. The maximum absolute atomic E-state index is 11.6. The van der Waals surface area contributed by atoms with Crippen molar-refractivity contribution >= 4 is 0 Å². The van der Waals surface area contributed by atoms with Gasteiger partial charge in [0.1, 0.15) is 11.7 Å². The lowest BCUT2D eigenvalue weighted by atomic mass is 9.45. The SMILES string of the molecule is CC(C)[C@@H](C)C=C[C@@H](C)C1CCC2C3=C[C@@H](O)[C@@]4(O)C[C@@H](O)CC[C@]4(C)C3CC[C@@]21C. The fraction of sp³-hybridized carbons (Fsp3) is 0.857. The van der Waals surface area contributed by atoms with Crippen LogP contribution in [-0.4, -0.2) is 33.1 Å². The van der Waals surface area contributed by atoms with E-state index in [0.717, 1.165) is 19.3 Å². The van der Waals surface area contributed by atoms with Crippen molar-refractivity contribution in [2.45, 2.75) is 104 Å². The van der Waals surface area contributed by atoms with Gasteiger partial charge in [0.15, 0.2) is 0 Å². The fourth-order valence-corrected chi connectivity index (χ4v) is 8.16. The van der Waals surface area contributed by atoms with E-state index in [1.54, 1.807) is 0 Å². The molecule has 0 aromatic heterocycles. The molecule has 31 heavy (non-hydrogen) atoms. The molecule has 10 atom stereocenters. The zero-order chi connectivity index (χ0) is 22.8. The van der Waals surface area contributed by atoms with E-state index < -0.39 is 17.8 Å². The minimum Gasteiger partial charge on any atom is -0.393 e. The van der Waals surface area contributed by atoms with Crippen molar-refractivity contribution < 1.29 is 15.3 Å². The maximum Gasteiger partial charge on any atom is 0.102 e. The molecule has 0 aromatic carbocycles. The highest BCUT2D eigenvalue weighted by atomic mass is 16.3. The molecular weight excluding hydrogens is 384 g/mol. The summed E-state index contributed by atoms with van der Waals surface area (Å²) in [5.41, 5.74) is 0.160. The highest BCUT2D eigenvalue weighted by Crippen LogP contribution is 2.67. The summed E-state index contributed by atoms with van der Waals surface area (Å²) in [7, 11) is 0. The van der Waals surface area contributed by atoms with Gasteiger partial charge in [-0.25, -0.2) is 0 Å². The van der Waals surface area contributed by atoms with Crippen LogP contribution in [0.4, 0.5) is 0 Å². The van der Waals surface area contributed by atoms with Crippen molar-refractivity contribution in [1.82, 2.24) is 0 Å². The molecule has 4 aliphatic carbocycles. The van der Waals surface area contributed by atoms with Crippen LogP contribution in [0.25, 0.3) is 0 Å². The van der Waals surface area contributed by atoms with Gasteiger partial charge in [-0.2, -0.15) is 0 Å². The van der Waals surface area contributed by atoms with Crippen molar-refractivity contribution in [1.29, 1.82) is 0 Å². The Bertz CT molecular complexity index is 741. The third kappa shape index (κ3) is 3.49. The first kappa shape index (κ1) is 23.5. The first-order valence-corrected chi connectivity index (χ1v) is 12.9. The van der Waals surface area contributed by atoms with Crippen LogP contribution in [-0.2, 0) is 0 Å². The summed E-state index contributed by atoms with van der Waals surface area (Å²) in [6.45, 7) is 14.0. The number of allylic oxidation sites excluding steroid dienone is 3. The summed E-state index contributed by atoms with van der Waals surface area (Å²) < 4.78 is 0. The topological polar surface area (TPSA) is 60.7 Å². The van der Waals surface area contributed by atoms with Crippen LogP contribution < -0.4 is 0 Å². The van der Waals surface area contributed by atoms with Crippen LogP contribution in [0.3, 0.4) is 0 Å². The summed E-state index contributed by atoms with van der Waals surface area (Å²) in [4.78, 5) is 0. The van der Waals surface area contributed by atoms with Gasteiger partial charge in [0.25, 0.3) is 0 Å². The second-order valence-corrected chi connectivity index (χ2v) is 12.5. The molecule has 3 N–H and O–H groups in total. The average Bonchev–Trinajstić information content (AvgIpc) is 3.05. The van der Waals surface area contributed by atoms with Crippen LogP contribution in [0.1, 0.15) is 86.5 Å². The summed E-state index contributed by atoms with van der Waals surface area (Å²) in [5.74, 6) is 3.37. The number of aliphatic hydroxyl groups excluding tert-OH is 2. The Labute approximate surface area is 190 Å². The molecule has 0 spiro atoms. The molecule has 3 unspecified atom stereocenters. The summed E-state index contributed by atoms with van der Waals surface area (Å²) in [6, 6.07) is 0. The van der Waals surface area contributed by atoms with Crippen LogP contribution in [0.5, 0.6) is 0 Å². The lowest BCUT2D eigenvalue weighted by Gasteiger charge is -2.62. The smallest absolute Gasteiger partial charge is 0.102 e. The van der Waals surface area contributed by atoms with E-state index in [4.69, 9.17) is 0 Å². The predicted octanol–water partition coefficient (Wildman–Crippen LogP) is 5.50. The van der Waals surface area contributed by atoms with E-state index in [9.17, 15) is 15.3 Å². The molecule has 3 fully saturated rings. The molecular formula is C28H46O3. The summed E-state index contributed by atoms with van der Waals surface area (Å²) >= 11 is 0. The van der Waals surface area contributed by atoms with Gasteiger partial charge in [-0.1, -0.05) is 65.3 Å². The molecule has 4 aliphatic rings. The lowest BCUT2D eigenvalue weighted by Crippen LogP contribution is -2.65. The molecule has 0 heterocycles. The van der Waals surface area contributed by atoms with Crippen molar-refractivity contribution in [3.8, 4) is 0 Å². The van der Waals surface area contributed by atoms with Crippen molar-refractivity contribution in [2.24, 2.45) is 46.3 Å². The van der Waals surface area contributed by atoms with Gasteiger partial charge in [0.05, 0.1) is 6.10 Å². The van der Waals surface area contributed by atoms with Crippen LogP contribution in [0, 0.1) is 46.3 Å². The highest BCUT2D eigenvalue weighted by Gasteiger charge is 2.64. The van der Waals surface area contributed by atoms with E-state index in [1.165, 1.54) is 24.8 Å². The van der Waals surface area contributed by atoms with Gasteiger partial charge in [-0.15, -0.1) is 0 Å². The normalized spacial score (nSPS) is 49.4. The molecule has 0 radical (unpaired) electrons. The zero-order valence-electron chi connectivity index (χ0n) is 20.6. The molecule has 176 valence electrons. The van der Waals surface area contributed by atoms with E-state index in [2.05, 4.69) is 53.7 Å². The fourth-order valence-electron chi connectivity index (χ4n) is 8.16. The Balaban J connectivity index is 1.61. The molecule has 0 aliphatic heterocycles. The number of fused-ring (bicyclic) bond motifs is 5. The Kier molecular flexibility index (Phi) is 6.06.